The Balaban J connectivity index is 2.55. The second-order valence-electron chi connectivity index (χ2n) is 4.16. The van der Waals surface area contributed by atoms with Gasteiger partial charge in [0.25, 0.3) is 5.91 Å². The third kappa shape index (κ3) is 3.57. The van der Waals surface area contributed by atoms with Gasteiger partial charge in [-0.05, 0) is 19.3 Å². The minimum atomic E-state index is -0.0321. The maximum Gasteiger partial charge on any atom is 0.263 e. The Bertz CT molecular complexity index is 360. The van der Waals surface area contributed by atoms with Crippen LogP contribution in [0.1, 0.15) is 40.6 Å². The van der Waals surface area contributed by atoms with Crippen LogP contribution in [0.25, 0.3) is 0 Å². The van der Waals surface area contributed by atoms with Crippen LogP contribution in [0.2, 0.25) is 0 Å². The zero-order chi connectivity index (χ0) is 12.1. The van der Waals surface area contributed by atoms with Gasteiger partial charge in [-0.2, -0.15) is 0 Å². The molecule has 0 aliphatic carbocycles. The number of aryl methyl sites for hydroxylation is 1. The lowest BCUT2D eigenvalue weighted by Crippen LogP contribution is -2.25. The van der Waals surface area contributed by atoms with Crippen molar-refractivity contribution in [2.75, 3.05) is 6.54 Å². The van der Waals surface area contributed by atoms with E-state index >= 15 is 0 Å². The highest BCUT2D eigenvalue weighted by atomic mass is 32.1. The van der Waals surface area contributed by atoms with E-state index in [1.165, 1.54) is 11.3 Å². The van der Waals surface area contributed by atoms with Crippen LogP contribution < -0.4 is 11.1 Å². The van der Waals surface area contributed by atoms with Crippen LogP contribution in [0.15, 0.2) is 0 Å². The zero-order valence-electron chi connectivity index (χ0n) is 10.0. The molecule has 90 valence electrons. The van der Waals surface area contributed by atoms with Crippen LogP contribution in [0.4, 0.5) is 0 Å². The first-order valence-electron chi connectivity index (χ1n) is 5.49. The lowest BCUT2D eigenvalue weighted by molar-refractivity contribution is 0.0955. The van der Waals surface area contributed by atoms with E-state index in [4.69, 9.17) is 5.73 Å². The fraction of sp³-hybridized carbons (Fsp3) is 0.636. The van der Waals surface area contributed by atoms with E-state index in [1.54, 1.807) is 0 Å². The molecule has 3 N–H and O–H groups in total. The minimum absolute atomic E-state index is 0.0321. The van der Waals surface area contributed by atoms with Gasteiger partial charge in [-0.25, -0.2) is 4.98 Å². The summed E-state index contributed by atoms with van der Waals surface area (Å²) in [6.07, 6.45) is 0.993. The summed E-state index contributed by atoms with van der Waals surface area (Å²) in [6.45, 7) is 7.22. The standard InChI is InChI=1S/C11H19N3OS/c1-7(2)4-5-13-11(15)10-8(3)14-9(6-12)16-10/h7H,4-6,12H2,1-3H3,(H,13,15). The number of nitrogens with zero attached hydrogens (tertiary/aromatic N) is 1. The fourth-order valence-corrected chi connectivity index (χ4v) is 2.16. The molecule has 1 aromatic heterocycles. The van der Waals surface area contributed by atoms with Crippen molar-refractivity contribution in [3.8, 4) is 0 Å². The van der Waals surface area contributed by atoms with Gasteiger partial charge in [0.1, 0.15) is 9.88 Å². The molecule has 0 spiro atoms. The number of hydrogen-bond donors (Lipinski definition) is 2. The maximum absolute atomic E-state index is 11.8. The normalized spacial score (nSPS) is 10.8. The van der Waals surface area contributed by atoms with Crippen molar-refractivity contribution >= 4 is 17.2 Å². The smallest absolute Gasteiger partial charge is 0.263 e. The van der Waals surface area contributed by atoms with Crippen molar-refractivity contribution in [1.29, 1.82) is 0 Å². The molecule has 5 heteroatoms. The third-order valence-corrected chi connectivity index (χ3v) is 3.41. The predicted molar refractivity (Wildman–Crippen MR) is 66.5 cm³/mol. The molecule has 16 heavy (non-hydrogen) atoms. The van der Waals surface area contributed by atoms with Crippen molar-refractivity contribution < 1.29 is 4.79 Å². The summed E-state index contributed by atoms with van der Waals surface area (Å²) in [5, 5.41) is 3.71. The highest BCUT2D eigenvalue weighted by molar-refractivity contribution is 7.13. The molecule has 1 rings (SSSR count). The quantitative estimate of drug-likeness (QED) is 0.824. The molecule has 0 saturated carbocycles. The molecule has 4 nitrogen and oxygen atoms in total. The largest absolute Gasteiger partial charge is 0.351 e. The number of nitrogens with one attached hydrogen (secondary N) is 1. The van der Waals surface area contributed by atoms with Gasteiger partial charge in [0, 0.05) is 13.1 Å². The van der Waals surface area contributed by atoms with E-state index in [0.29, 0.717) is 23.9 Å². The summed E-state index contributed by atoms with van der Waals surface area (Å²) in [5.74, 6) is 0.567. The van der Waals surface area contributed by atoms with Gasteiger partial charge in [0.2, 0.25) is 0 Å². The van der Waals surface area contributed by atoms with Crippen molar-refractivity contribution in [3.63, 3.8) is 0 Å². The monoisotopic (exact) mass is 241 g/mol. The van der Waals surface area contributed by atoms with Crippen LogP contribution in [0.5, 0.6) is 0 Å². The lowest BCUT2D eigenvalue weighted by Gasteiger charge is -2.05. The summed E-state index contributed by atoms with van der Waals surface area (Å²) >= 11 is 1.38. The van der Waals surface area contributed by atoms with Crippen molar-refractivity contribution in [2.45, 2.75) is 33.7 Å². The number of rotatable bonds is 5. The number of carbonyl (C=O) groups excluding carboxylic acids is 1. The van der Waals surface area contributed by atoms with E-state index in [1.807, 2.05) is 6.92 Å². The number of carbonyl (C=O) groups is 1. The van der Waals surface area contributed by atoms with E-state index in [0.717, 1.165) is 17.1 Å². The number of thiazole rings is 1. The Morgan fingerprint density at radius 2 is 2.25 bits per heavy atom. The van der Waals surface area contributed by atoms with Crippen LogP contribution >= 0.6 is 11.3 Å². The average Bonchev–Trinajstić information content (AvgIpc) is 2.59. The third-order valence-electron chi connectivity index (χ3n) is 2.23. The summed E-state index contributed by atoms with van der Waals surface area (Å²) in [5.41, 5.74) is 6.26. The van der Waals surface area contributed by atoms with Gasteiger partial charge in [-0.3, -0.25) is 4.79 Å². The molecule has 0 aliphatic heterocycles. The molecule has 0 fully saturated rings. The Hall–Kier alpha value is -0.940. The molecule has 0 unspecified atom stereocenters. The maximum atomic E-state index is 11.8. The fourth-order valence-electron chi connectivity index (χ4n) is 1.30. The zero-order valence-corrected chi connectivity index (χ0v) is 10.9. The highest BCUT2D eigenvalue weighted by Crippen LogP contribution is 2.17. The molecule has 0 saturated heterocycles. The predicted octanol–water partition coefficient (Wildman–Crippen LogP) is 1.69. The number of aromatic nitrogens is 1. The van der Waals surface area contributed by atoms with E-state index in [-0.39, 0.29) is 5.91 Å². The Morgan fingerprint density at radius 3 is 2.75 bits per heavy atom. The summed E-state index contributed by atoms with van der Waals surface area (Å²) in [4.78, 5) is 16.7. The van der Waals surface area contributed by atoms with Gasteiger partial charge in [0.05, 0.1) is 5.69 Å². The molecular formula is C11H19N3OS. The first kappa shape index (κ1) is 13.1. The Morgan fingerprint density at radius 1 is 1.56 bits per heavy atom. The highest BCUT2D eigenvalue weighted by Gasteiger charge is 2.13. The Kier molecular flexibility index (Phi) is 4.89. The number of hydrogen-bond acceptors (Lipinski definition) is 4. The molecule has 0 atom stereocenters. The molecule has 0 radical (unpaired) electrons. The van der Waals surface area contributed by atoms with E-state index < -0.39 is 0 Å². The second kappa shape index (κ2) is 5.96. The summed E-state index contributed by atoms with van der Waals surface area (Å²) < 4.78 is 0. The molecule has 0 aromatic carbocycles. The van der Waals surface area contributed by atoms with E-state index in [2.05, 4.69) is 24.1 Å². The van der Waals surface area contributed by atoms with Gasteiger partial charge in [0.15, 0.2) is 0 Å². The first-order chi connectivity index (χ1) is 7.54. The van der Waals surface area contributed by atoms with Crippen molar-refractivity contribution in [3.05, 3.63) is 15.6 Å². The molecule has 1 heterocycles. The van der Waals surface area contributed by atoms with Gasteiger partial charge in [-0.1, -0.05) is 13.8 Å². The van der Waals surface area contributed by atoms with Crippen LogP contribution in [0.3, 0.4) is 0 Å². The van der Waals surface area contributed by atoms with E-state index in [9.17, 15) is 4.79 Å². The number of nitrogens with two attached hydrogens (primary N) is 1. The van der Waals surface area contributed by atoms with Crippen LogP contribution in [-0.2, 0) is 6.54 Å². The van der Waals surface area contributed by atoms with Crippen LogP contribution in [0, 0.1) is 12.8 Å². The molecular weight excluding hydrogens is 222 g/mol. The van der Waals surface area contributed by atoms with Crippen molar-refractivity contribution in [1.82, 2.24) is 10.3 Å². The molecule has 1 amide bonds. The SMILES string of the molecule is Cc1nc(CN)sc1C(=O)NCCC(C)C. The van der Waals surface area contributed by atoms with Crippen molar-refractivity contribution in [2.24, 2.45) is 11.7 Å². The van der Waals surface area contributed by atoms with Crippen LogP contribution in [-0.4, -0.2) is 17.4 Å². The molecule has 0 bridgehead atoms. The first-order valence-corrected chi connectivity index (χ1v) is 6.30. The average molecular weight is 241 g/mol. The topological polar surface area (TPSA) is 68.0 Å². The minimum Gasteiger partial charge on any atom is -0.351 e. The molecule has 0 aliphatic rings. The Labute approximate surface area is 100 Å². The van der Waals surface area contributed by atoms with Gasteiger partial charge >= 0.3 is 0 Å². The molecule has 1 aromatic rings. The van der Waals surface area contributed by atoms with Gasteiger partial charge < -0.3 is 11.1 Å². The second-order valence-corrected chi connectivity index (χ2v) is 5.25. The lowest BCUT2D eigenvalue weighted by atomic mass is 10.1. The summed E-state index contributed by atoms with van der Waals surface area (Å²) in [7, 11) is 0. The van der Waals surface area contributed by atoms with Gasteiger partial charge in [-0.15, -0.1) is 11.3 Å². The summed E-state index contributed by atoms with van der Waals surface area (Å²) in [6, 6.07) is 0. The number of amides is 1.